The third-order valence-corrected chi connectivity index (χ3v) is 4.33. The molecular weight excluding hydrogens is 298 g/mol. The largest absolute Gasteiger partial charge is 0.416 e. The third-order valence-electron chi connectivity index (χ3n) is 4.33. The number of hydrogen-bond acceptors (Lipinski definition) is 3. The Balaban J connectivity index is 1.79. The highest BCUT2D eigenvalue weighted by Crippen LogP contribution is 2.49. The maximum atomic E-state index is 13.6. The Kier molecular flexibility index (Phi) is 3.53. The van der Waals surface area contributed by atoms with Crippen LogP contribution in [0.25, 0.3) is 0 Å². The van der Waals surface area contributed by atoms with Gasteiger partial charge in [0.05, 0.1) is 12.1 Å². The van der Waals surface area contributed by atoms with Crippen LogP contribution in [0.2, 0.25) is 0 Å². The quantitative estimate of drug-likeness (QED) is 0.869. The van der Waals surface area contributed by atoms with Gasteiger partial charge in [0.2, 0.25) is 0 Å². The van der Waals surface area contributed by atoms with Crippen molar-refractivity contribution in [2.24, 2.45) is 4.99 Å². The van der Waals surface area contributed by atoms with E-state index in [-0.39, 0.29) is 0 Å². The summed E-state index contributed by atoms with van der Waals surface area (Å²) in [6, 6.07) is 2.82. The molecule has 1 N–H and O–H groups in total. The molecule has 0 unspecified atom stereocenters. The summed E-state index contributed by atoms with van der Waals surface area (Å²) < 4.78 is 52.1. The summed E-state index contributed by atoms with van der Waals surface area (Å²) in [6.07, 6.45) is -3.04. The summed E-state index contributed by atoms with van der Waals surface area (Å²) in [5.74, 6) is -0.0925. The van der Waals surface area contributed by atoms with Gasteiger partial charge in [-0.3, -0.25) is 4.99 Å². The molecule has 3 rings (SSSR count). The predicted molar refractivity (Wildman–Crippen MR) is 75.2 cm³/mol. The molecular formula is C15H17F4N3. The molecule has 3 nitrogen and oxygen atoms in total. The highest BCUT2D eigenvalue weighted by atomic mass is 19.4. The van der Waals surface area contributed by atoms with Gasteiger partial charge in [0.1, 0.15) is 5.82 Å². The molecule has 0 saturated heterocycles. The standard InChI is InChI=1S/C15H17F4N3/c1-22-5-4-20-13(22)21-9-14(2-3-14)10-6-11(15(17,18)19)8-12(16)7-10/h6-8H,2-5,9H2,1H3,(H,20,21). The summed E-state index contributed by atoms with van der Waals surface area (Å²) in [7, 11) is 1.91. The number of halogens is 4. The van der Waals surface area contributed by atoms with E-state index < -0.39 is 23.0 Å². The molecule has 1 aliphatic heterocycles. The van der Waals surface area contributed by atoms with Crippen LogP contribution in [0.5, 0.6) is 0 Å². The van der Waals surface area contributed by atoms with Crippen LogP contribution in [0.4, 0.5) is 17.6 Å². The number of alkyl halides is 3. The number of benzene rings is 1. The zero-order valence-corrected chi connectivity index (χ0v) is 12.2. The Morgan fingerprint density at radius 2 is 2.00 bits per heavy atom. The molecule has 2 aliphatic rings. The zero-order chi connectivity index (χ0) is 16.0. The molecule has 0 amide bonds. The molecule has 1 aromatic carbocycles. The fourth-order valence-electron chi connectivity index (χ4n) is 2.75. The van der Waals surface area contributed by atoms with Gasteiger partial charge in [0, 0.05) is 25.6 Å². The minimum absolute atomic E-state index is 0.411. The Morgan fingerprint density at radius 3 is 2.55 bits per heavy atom. The molecule has 22 heavy (non-hydrogen) atoms. The molecule has 0 atom stereocenters. The van der Waals surface area contributed by atoms with Gasteiger partial charge in [-0.2, -0.15) is 13.2 Å². The first-order valence-electron chi connectivity index (χ1n) is 7.18. The molecule has 1 aliphatic carbocycles. The first-order chi connectivity index (χ1) is 10.3. The highest BCUT2D eigenvalue weighted by Gasteiger charge is 2.46. The van der Waals surface area contributed by atoms with Crippen LogP contribution in [0.1, 0.15) is 24.0 Å². The van der Waals surface area contributed by atoms with Gasteiger partial charge in [0.15, 0.2) is 5.96 Å². The van der Waals surface area contributed by atoms with Crippen molar-refractivity contribution in [3.8, 4) is 0 Å². The SMILES string of the molecule is CN1CCN=C1NCC1(c2cc(F)cc(C(F)(F)F)c2)CC1. The molecule has 0 radical (unpaired) electrons. The van der Waals surface area contributed by atoms with Gasteiger partial charge in [-0.1, -0.05) is 0 Å². The van der Waals surface area contributed by atoms with Crippen LogP contribution in [0.15, 0.2) is 23.2 Å². The number of hydrogen-bond donors (Lipinski definition) is 1. The lowest BCUT2D eigenvalue weighted by molar-refractivity contribution is -0.137. The average molecular weight is 315 g/mol. The normalized spacial score (nSPS) is 20.0. The fourth-order valence-corrected chi connectivity index (χ4v) is 2.75. The van der Waals surface area contributed by atoms with E-state index in [1.165, 1.54) is 6.07 Å². The van der Waals surface area contributed by atoms with E-state index in [0.29, 0.717) is 24.7 Å². The van der Waals surface area contributed by atoms with Crippen LogP contribution < -0.4 is 5.32 Å². The van der Waals surface area contributed by atoms with Gasteiger partial charge in [0.25, 0.3) is 0 Å². The van der Waals surface area contributed by atoms with Crippen molar-refractivity contribution < 1.29 is 17.6 Å². The van der Waals surface area contributed by atoms with E-state index >= 15 is 0 Å². The van der Waals surface area contributed by atoms with Crippen LogP contribution in [0, 0.1) is 5.82 Å². The maximum Gasteiger partial charge on any atom is 0.416 e. The topological polar surface area (TPSA) is 27.6 Å². The summed E-state index contributed by atoms with van der Waals surface area (Å²) in [5, 5.41) is 3.18. The van der Waals surface area contributed by atoms with Gasteiger partial charge in [-0.05, 0) is 36.6 Å². The second kappa shape index (κ2) is 5.14. The highest BCUT2D eigenvalue weighted by molar-refractivity contribution is 5.81. The van der Waals surface area contributed by atoms with Crippen molar-refractivity contribution in [2.45, 2.75) is 24.4 Å². The molecule has 120 valence electrons. The average Bonchev–Trinajstić information content (AvgIpc) is 3.12. The first-order valence-corrected chi connectivity index (χ1v) is 7.18. The summed E-state index contributed by atoms with van der Waals surface area (Å²) in [4.78, 5) is 6.25. The molecule has 0 spiro atoms. The lowest BCUT2D eigenvalue weighted by Gasteiger charge is -2.21. The zero-order valence-electron chi connectivity index (χ0n) is 12.2. The van der Waals surface area contributed by atoms with Crippen molar-refractivity contribution >= 4 is 5.96 Å². The Morgan fingerprint density at radius 1 is 1.27 bits per heavy atom. The molecule has 1 aromatic rings. The monoisotopic (exact) mass is 315 g/mol. The maximum absolute atomic E-state index is 13.6. The van der Waals surface area contributed by atoms with Crippen LogP contribution in [-0.2, 0) is 11.6 Å². The van der Waals surface area contributed by atoms with E-state index in [1.54, 1.807) is 0 Å². The van der Waals surface area contributed by atoms with E-state index in [1.807, 2.05) is 11.9 Å². The van der Waals surface area contributed by atoms with E-state index in [4.69, 9.17) is 0 Å². The third kappa shape index (κ3) is 2.89. The summed E-state index contributed by atoms with van der Waals surface area (Å²) in [5.41, 5.74) is -0.939. The van der Waals surface area contributed by atoms with Crippen LogP contribution >= 0.6 is 0 Å². The molecule has 0 bridgehead atoms. The van der Waals surface area contributed by atoms with Crippen LogP contribution in [-0.4, -0.2) is 37.5 Å². The van der Waals surface area contributed by atoms with Gasteiger partial charge < -0.3 is 10.2 Å². The van der Waals surface area contributed by atoms with Crippen molar-refractivity contribution in [1.82, 2.24) is 10.2 Å². The predicted octanol–water partition coefficient (Wildman–Crippen LogP) is 2.77. The van der Waals surface area contributed by atoms with Crippen molar-refractivity contribution in [3.63, 3.8) is 0 Å². The van der Waals surface area contributed by atoms with E-state index in [9.17, 15) is 17.6 Å². The van der Waals surface area contributed by atoms with Gasteiger partial charge >= 0.3 is 6.18 Å². The first kappa shape index (κ1) is 15.1. The molecule has 7 heteroatoms. The van der Waals surface area contributed by atoms with Crippen LogP contribution in [0.3, 0.4) is 0 Å². The molecule has 0 aromatic heterocycles. The van der Waals surface area contributed by atoms with Gasteiger partial charge in [-0.15, -0.1) is 0 Å². The summed E-state index contributed by atoms with van der Waals surface area (Å²) in [6.45, 7) is 2.01. The lowest BCUT2D eigenvalue weighted by atomic mass is 9.94. The number of likely N-dealkylation sites (N-methyl/N-ethyl adjacent to an activating group) is 1. The Bertz CT molecular complexity index is 605. The van der Waals surface area contributed by atoms with Crippen molar-refractivity contribution in [1.29, 1.82) is 0 Å². The number of nitrogens with zero attached hydrogens (tertiary/aromatic N) is 2. The molecule has 1 saturated carbocycles. The molecule has 1 heterocycles. The summed E-state index contributed by atoms with van der Waals surface area (Å²) >= 11 is 0. The lowest BCUT2D eigenvalue weighted by Crippen LogP contribution is -2.39. The number of nitrogens with one attached hydrogen (secondary N) is 1. The van der Waals surface area contributed by atoms with Gasteiger partial charge in [-0.25, -0.2) is 4.39 Å². The van der Waals surface area contributed by atoms with Crippen molar-refractivity contribution in [3.05, 3.63) is 35.1 Å². The smallest absolute Gasteiger partial charge is 0.355 e. The minimum Gasteiger partial charge on any atom is -0.355 e. The Hall–Kier alpha value is -1.79. The fraction of sp³-hybridized carbons (Fsp3) is 0.533. The number of rotatable bonds is 3. The second-order valence-electron chi connectivity index (χ2n) is 5.99. The number of guanidine groups is 1. The van der Waals surface area contributed by atoms with E-state index in [2.05, 4.69) is 10.3 Å². The van der Waals surface area contributed by atoms with Crippen molar-refractivity contribution in [2.75, 3.05) is 26.7 Å². The number of aliphatic imine (C=N–C) groups is 1. The Labute approximate surface area is 126 Å². The van der Waals surface area contributed by atoms with E-state index in [0.717, 1.165) is 31.4 Å². The molecule has 1 fully saturated rings. The minimum atomic E-state index is -4.53. The second-order valence-corrected chi connectivity index (χ2v) is 5.99.